The molecule has 0 saturated carbocycles. The Balaban J connectivity index is 3.05. The number of hydrogen-bond donors (Lipinski definition) is 1. The van der Waals surface area contributed by atoms with Crippen molar-refractivity contribution in [2.45, 2.75) is 38.3 Å². The average Bonchev–Trinajstić information content (AvgIpc) is 2.27. The molecule has 7 heteroatoms. The lowest BCUT2D eigenvalue weighted by molar-refractivity contribution is 0.292. The summed E-state index contributed by atoms with van der Waals surface area (Å²) in [6.45, 7) is 5.67. The number of nitrogens with zero attached hydrogens (tertiary/aromatic N) is 1. The summed E-state index contributed by atoms with van der Waals surface area (Å²) >= 11 is 5.68. The number of aromatic nitrogens is 1. The molecule has 0 fully saturated rings. The third-order valence-corrected chi connectivity index (χ3v) is 4.34. The molecule has 1 heterocycles. The summed E-state index contributed by atoms with van der Waals surface area (Å²) in [5.41, 5.74) is -0.326. The third-order valence-electron chi connectivity index (χ3n) is 2.72. The highest BCUT2D eigenvalue weighted by Gasteiger charge is 2.31. The Morgan fingerprint density at radius 3 is 2.58 bits per heavy atom. The van der Waals surface area contributed by atoms with E-state index in [-0.39, 0.29) is 5.41 Å². The van der Waals surface area contributed by atoms with E-state index in [1.54, 1.807) is 0 Å². The number of rotatable bonds is 5. The third kappa shape index (κ3) is 4.40. The average molecular weight is 309 g/mol. The van der Waals surface area contributed by atoms with Gasteiger partial charge < -0.3 is 0 Å². The Morgan fingerprint density at radius 1 is 1.47 bits per heavy atom. The summed E-state index contributed by atoms with van der Waals surface area (Å²) in [6.07, 6.45) is 1.70. The Hall–Kier alpha value is -0.720. The molecule has 1 N–H and O–H groups in total. The number of hydrogen-bond acceptors (Lipinski definition) is 3. The first-order valence-corrected chi connectivity index (χ1v) is 7.89. The van der Waals surface area contributed by atoms with E-state index < -0.39 is 26.9 Å². The zero-order valence-electron chi connectivity index (χ0n) is 11.2. The molecule has 0 aliphatic rings. The van der Waals surface area contributed by atoms with Gasteiger partial charge in [-0.2, -0.15) is 0 Å². The van der Waals surface area contributed by atoms with Gasteiger partial charge in [-0.3, -0.25) is 0 Å². The van der Waals surface area contributed by atoms with Crippen molar-refractivity contribution in [3.05, 3.63) is 24.1 Å². The predicted molar refractivity (Wildman–Crippen MR) is 73.1 cm³/mol. The van der Waals surface area contributed by atoms with E-state index in [0.29, 0.717) is 12.3 Å². The number of nitrogens with one attached hydrogen (secondary N) is 1. The molecule has 0 amide bonds. The predicted octanol–water partition coefficient (Wildman–Crippen LogP) is 2.54. The number of alkyl halides is 1. The van der Waals surface area contributed by atoms with E-state index in [2.05, 4.69) is 9.71 Å². The second kappa shape index (κ2) is 6.15. The molecular formula is C12H18ClFN2O2S. The van der Waals surface area contributed by atoms with Gasteiger partial charge in [0.05, 0.1) is 0 Å². The van der Waals surface area contributed by atoms with E-state index >= 15 is 0 Å². The summed E-state index contributed by atoms with van der Waals surface area (Å²) in [6, 6.07) is 2.01. The molecule has 1 aromatic heterocycles. The summed E-state index contributed by atoms with van der Waals surface area (Å²) < 4.78 is 40.2. The van der Waals surface area contributed by atoms with Crippen molar-refractivity contribution in [1.82, 2.24) is 9.71 Å². The van der Waals surface area contributed by atoms with Crippen LogP contribution in [0.15, 0.2) is 23.4 Å². The van der Waals surface area contributed by atoms with Gasteiger partial charge in [0.1, 0.15) is 0 Å². The molecular weight excluding hydrogens is 291 g/mol. The van der Waals surface area contributed by atoms with Gasteiger partial charge in [-0.15, -0.1) is 11.6 Å². The fourth-order valence-corrected chi connectivity index (χ4v) is 3.29. The van der Waals surface area contributed by atoms with Crippen molar-refractivity contribution in [2.75, 3.05) is 5.88 Å². The Labute approximate surface area is 118 Å². The van der Waals surface area contributed by atoms with Crippen LogP contribution >= 0.6 is 11.6 Å². The first-order chi connectivity index (χ1) is 8.68. The minimum atomic E-state index is -3.99. The van der Waals surface area contributed by atoms with Crippen LogP contribution < -0.4 is 4.72 Å². The van der Waals surface area contributed by atoms with Gasteiger partial charge in [-0.1, -0.05) is 20.8 Å². The largest absolute Gasteiger partial charge is 0.261 e. The van der Waals surface area contributed by atoms with Gasteiger partial charge in [0, 0.05) is 18.1 Å². The Kier molecular flexibility index (Phi) is 5.29. The molecule has 0 saturated heterocycles. The van der Waals surface area contributed by atoms with E-state index in [1.807, 2.05) is 20.8 Å². The lowest BCUT2D eigenvalue weighted by Crippen LogP contribution is -2.44. The first kappa shape index (κ1) is 16.3. The normalized spacial score (nSPS) is 14.4. The van der Waals surface area contributed by atoms with Crippen LogP contribution in [0.5, 0.6) is 0 Å². The van der Waals surface area contributed by atoms with Gasteiger partial charge in [0.15, 0.2) is 5.82 Å². The molecule has 108 valence electrons. The molecule has 0 aromatic carbocycles. The SMILES string of the molecule is CC(C)(C)C(CCCl)NS(=O)(=O)c1ncccc1F. The zero-order chi connectivity index (χ0) is 14.7. The quantitative estimate of drug-likeness (QED) is 0.850. The van der Waals surface area contributed by atoms with Crippen LogP contribution in [0.2, 0.25) is 0 Å². The van der Waals surface area contributed by atoms with Crippen LogP contribution in [-0.4, -0.2) is 25.3 Å². The summed E-state index contributed by atoms with van der Waals surface area (Å²) in [4.78, 5) is 3.59. The lowest BCUT2D eigenvalue weighted by Gasteiger charge is -2.30. The van der Waals surface area contributed by atoms with Crippen molar-refractivity contribution in [2.24, 2.45) is 5.41 Å². The highest BCUT2D eigenvalue weighted by Crippen LogP contribution is 2.24. The molecule has 0 bridgehead atoms. The number of pyridine rings is 1. The van der Waals surface area contributed by atoms with Crippen LogP contribution in [0.4, 0.5) is 4.39 Å². The molecule has 4 nitrogen and oxygen atoms in total. The molecule has 0 spiro atoms. The summed E-state index contributed by atoms with van der Waals surface area (Å²) in [7, 11) is -3.99. The van der Waals surface area contributed by atoms with Gasteiger partial charge in [0.25, 0.3) is 10.0 Å². The summed E-state index contributed by atoms with van der Waals surface area (Å²) in [5.74, 6) is -0.552. The highest BCUT2D eigenvalue weighted by atomic mass is 35.5. The molecule has 1 rings (SSSR count). The molecule has 1 unspecified atom stereocenters. The smallest absolute Gasteiger partial charge is 0.241 e. The number of halogens is 2. The van der Waals surface area contributed by atoms with Crippen molar-refractivity contribution in [3.63, 3.8) is 0 Å². The first-order valence-electron chi connectivity index (χ1n) is 5.87. The second-order valence-electron chi connectivity index (χ2n) is 5.31. The fourth-order valence-electron chi connectivity index (χ4n) is 1.59. The maximum atomic E-state index is 13.5. The minimum Gasteiger partial charge on any atom is -0.241 e. The highest BCUT2D eigenvalue weighted by molar-refractivity contribution is 7.89. The van der Waals surface area contributed by atoms with Crippen LogP contribution in [0.1, 0.15) is 27.2 Å². The van der Waals surface area contributed by atoms with Crippen molar-refractivity contribution in [3.8, 4) is 0 Å². The molecule has 0 radical (unpaired) electrons. The van der Waals surface area contributed by atoms with E-state index in [1.165, 1.54) is 12.3 Å². The Bertz CT molecular complexity index is 529. The molecule has 1 atom stereocenters. The minimum absolute atomic E-state index is 0.315. The van der Waals surface area contributed by atoms with E-state index in [0.717, 1.165) is 6.07 Å². The maximum absolute atomic E-state index is 13.5. The van der Waals surface area contributed by atoms with Crippen LogP contribution in [0, 0.1) is 11.2 Å². The van der Waals surface area contributed by atoms with Crippen LogP contribution in [0.25, 0.3) is 0 Å². The fraction of sp³-hybridized carbons (Fsp3) is 0.583. The van der Waals surface area contributed by atoms with Gasteiger partial charge in [-0.05, 0) is 24.0 Å². The Morgan fingerprint density at radius 2 is 2.11 bits per heavy atom. The van der Waals surface area contributed by atoms with Crippen LogP contribution in [-0.2, 0) is 10.0 Å². The van der Waals surface area contributed by atoms with Gasteiger partial charge in [-0.25, -0.2) is 22.5 Å². The van der Waals surface area contributed by atoms with Gasteiger partial charge >= 0.3 is 0 Å². The van der Waals surface area contributed by atoms with Crippen molar-refractivity contribution >= 4 is 21.6 Å². The van der Waals surface area contributed by atoms with E-state index in [4.69, 9.17) is 11.6 Å². The van der Waals surface area contributed by atoms with Gasteiger partial charge in [0.2, 0.25) is 5.03 Å². The van der Waals surface area contributed by atoms with Crippen molar-refractivity contribution < 1.29 is 12.8 Å². The topological polar surface area (TPSA) is 59.1 Å². The van der Waals surface area contributed by atoms with Crippen molar-refractivity contribution in [1.29, 1.82) is 0 Å². The molecule has 19 heavy (non-hydrogen) atoms. The number of sulfonamides is 1. The zero-order valence-corrected chi connectivity index (χ0v) is 12.7. The molecule has 0 aliphatic carbocycles. The van der Waals surface area contributed by atoms with Crippen LogP contribution in [0.3, 0.4) is 0 Å². The molecule has 0 aliphatic heterocycles. The standard InChI is InChI=1S/C12H18ClFN2O2S/c1-12(2,3)10(6-7-13)16-19(17,18)11-9(14)5-4-8-15-11/h4-5,8,10,16H,6-7H2,1-3H3. The second-order valence-corrected chi connectivity index (χ2v) is 7.32. The monoisotopic (exact) mass is 308 g/mol. The summed E-state index contributed by atoms with van der Waals surface area (Å²) in [5, 5.41) is -0.584. The molecule has 1 aromatic rings. The lowest BCUT2D eigenvalue weighted by atomic mass is 9.86. The maximum Gasteiger partial charge on any atom is 0.261 e. The van der Waals surface area contributed by atoms with E-state index in [9.17, 15) is 12.8 Å².